The molecule has 0 atom stereocenters. The molecule has 1 aromatic heterocycles. The van der Waals surface area contributed by atoms with Gasteiger partial charge in [-0.15, -0.1) is 11.3 Å². The third kappa shape index (κ3) is 4.86. The number of carbonyl (C=O) groups excluding carboxylic acids is 1. The molecule has 1 fully saturated rings. The first-order valence-corrected chi connectivity index (χ1v) is 10.7. The van der Waals surface area contributed by atoms with Gasteiger partial charge in [-0.2, -0.15) is 0 Å². The maximum atomic E-state index is 12.7. The minimum Gasteiger partial charge on any atom is -0.337 e. The molecule has 0 bridgehead atoms. The van der Waals surface area contributed by atoms with E-state index >= 15 is 0 Å². The predicted octanol–water partition coefficient (Wildman–Crippen LogP) is 2.96. The first-order valence-electron chi connectivity index (χ1n) is 9.77. The van der Waals surface area contributed by atoms with Crippen LogP contribution in [0, 0.1) is 0 Å². The molecule has 5 heteroatoms. The van der Waals surface area contributed by atoms with Crippen LogP contribution in [-0.4, -0.2) is 66.4 Å². The molecule has 0 unspecified atom stereocenters. The summed E-state index contributed by atoms with van der Waals surface area (Å²) in [5.41, 5.74) is 2.59. The van der Waals surface area contributed by atoms with E-state index in [9.17, 15) is 4.79 Å². The molecular formula is C22H27N3OS. The SMILES string of the molecule is O=C(CN1CCN(C/C=C/c2ccccc2)CC1)N1CCc2sccc2C1. The number of hydrogen-bond donors (Lipinski definition) is 0. The van der Waals surface area contributed by atoms with Crippen LogP contribution in [0.15, 0.2) is 47.9 Å². The highest BCUT2D eigenvalue weighted by molar-refractivity contribution is 7.10. The Hall–Kier alpha value is -1.95. The lowest BCUT2D eigenvalue weighted by Gasteiger charge is -2.35. The van der Waals surface area contributed by atoms with Crippen LogP contribution in [0.4, 0.5) is 0 Å². The van der Waals surface area contributed by atoms with Crippen molar-refractivity contribution in [2.24, 2.45) is 0 Å². The molecule has 1 aromatic carbocycles. The van der Waals surface area contributed by atoms with E-state index in [2.05, 4.69) is 57.7 Å². The van der Waals surface area contributed by atoms with Crippen molar-refractivity contribution in [2.45, 2.75) is 13.0 Å². The van der Waals surface area contributed by atoms with Gasteiger partial charge in [-0.05, 0) is 29.0 Å². The van der Waals surface area contributed by atoms with Gasteiger partial charge in [-0.25, -0.2) is 0 Å². The zero-order valence-corrected chi connectivity index (χ0v) is 16.5. The fourth-order valence-corrected chi connectivity index (χ4v) is 4.67. The van der Waals surface area contributed by atoms with Gasteiger partial charge in [-0.3, -0.25) is 14.6 Å². The molecular weight excluding hydrogens is 354 g/mol. The van der Waals surface area contributed by atoms with Gasteiger partial charge in [0.25, 0.3) is 0 Å². The molecule has 4 nitrogen and oxygen atoms in total. The Kier molecular flexibility index (Phi) is 6.02. The Morgan fingerprint density at radius 2 is 1.78 bits per heavy atom. The van der Waals surface area contributed by atoms with Crippen LogP contribution < -0.4 is 0 Å². The third-order valence-electron chi connectivity index (χ3n) is 5.46. The number of carbonyl (C=O) groups is 1. The highest BCUT2D eigenvalue weighted by Crippen LogP contribution is 2.24. The van der Waals surface area contributed by atoms with Crippen molar-refractivity contribution in [1.82, 2.24) is 14.7 Å². The van der Waals surface area contributed by atoms with E-state index in [1.165, 1.54) is 16.0 Å². The van der Waals surface area contributed by atoms with Crippen molar-refractivity contribution < 1.29 is 4.79 Å². The molecule has 2 aliphatic heterocycles. The summed E-state index contributed by atoms with van der Waals surface area (Å²) in [6, 6.07) is 12.6. The van der Waals surface area contributed by atoms with E-state index in [4.69, 9.17) is 0 Å². The van der Waals surface area contributed by atoms with Gasteiger partial charge in [0.15, 0.2) is 0 Å². The maximum Gasteiger partial charge on any atom is 0.237 e. The Labute approximate surface area is 165 Å². The predicted molar refractivity (Wildman–Crippen MR) is 112 cm³/mol. The van der Waals surface area contributed by atoms with E-state index in [0.29, 0.717) is 6.54 Å². The van der Waals surface area contributed by atoms with Crippen LogP contribution in [0.3, 0.4) is 0 Å². The summed E-state index contributed by atoms with van der Waals surface area (Å²) in [5.74, 6) is 0.282. The summed E-state index contributed by atoms with van der Waals surface area (Å²) >= 11 is 1.82. The molecule has 0 spiro atoms. The summed E-state index contributed by atoms with van der Waals surface area (Å²) in [7, 11) is 0. The number of hydrogen-bond acceptors (Lipinski definition) is 4. The molecule has 142 valence electrons. The lowest BCUT2D eigenvalue weighted by atomic mass is 10.1. The fraction of sp³-hybridized carbons (Fsp3) is 0.409. The van der Waals surface area contributed by atoms with Crippen LogP contribution >= 0.6 is 11.3 Å². The molecule has 27 heavy (non-hydrogen) atoms. The second-order valence-corrected chi connectivity index (χ2v) is 8.32. The topological polar surface area (TPSA) is 26.8 Å². The fourth-order valence-electron chi connectivity index (χ4n) is 3.78. The van der Waals surface area contributed by atoms with Crippen molar-refractivity contribution in [3.8, 4) is 0 Å². The van der Waals surface area contributed by atoms with Crippen molar-refractivity contribution >= 4 is 23.3 Å². The van der Waals surface area contributed by atoms with Gasteiger partial charge in [-0.1, -0.05) is 42.5 Å². The standard InChI is InChI=1S/C22H27N3OS/c26-22(25-11-8-21-20(17-25)9-16-27-21)18-24-14-12-23(13-15-24)10-4-7-19-5-2-1-3-6-19/h1-7,9,16H,8,10-15,17-18H2/b7-4+. The van der Waals surface area contributed by atoms with Gasteiger partial charge >= 0.3 is 0 Å². The molecule has 3 heterocycles. The monoisotopic (exact) mass is 381 g/mol. The van der Waals surface area contributed by atoms with Gasteiger partial charge in [0.05, 0.1) is 6.54 Å². The second-order valence-electron chi connectivity index (χ2n) is 7.32. The smallest absolute Gasteiger partial charge is 0.237 e. The molecule has 0 saturated carbocycles. The molecule has 1 amide bonds. The van der Waals surface area contributed by atoms with E-state index in [0.717, 1.165) is 52.2 Å². The van der Waals surface area contributed by atoms with Gasteiger partial charge in [0.2, 0.25) is 5.91 Å². The van der Waals surface area contributed by atoms with Crippen molar-refractivity contribution in [2.75, 3.05) is 45.8 Å². The summed E-state index contributed by atoms with van der Waals surface area (Å²) in [6.07, 6.45) is 5.44. The molecule has 4 rings (SSSR count). The number of benzene rings is 1. The summed E-state index contributed by atoms with van der Waals surface area (Å²) in [4.78, 5) is 20.9. The van der Waals surface area contributed by atoms with E-state index in [-0.39, 0.29) is 5.91 Å². The minimum atomic E-state index is 0.282. The normalized spacial score (nSPS) is 18.7. The molecule has 2 aliphatic rings. The summed E-state index contributed by atoms with van der Waals surface area (Å²) < 4.78 is 0. The lowest BCUT2D eigenvalue weighted by Crippen LogP contribution is -2.50. The van der Waals surface area contributed by atoms with Gasteiger partial charge in [0, 0.05) is 50.7 Å². The van der Waals surface area contributed by atoms with Crippen LogP contribution in [-0.2, 0) is 17.8 Å². The van der Waals surface area contributed by atoms with Crippen LogP contribution in [0.5, 0.6) is 0 Å². The molecule has 1 saturated heterocycles. The molecule has 0 N–H and O–H groups in total. The third-order valence-corrected chi connectivity index (χ3v) is 6.48. The minimum absolute atomic E-state index is 0.282. The highest BCUT2D eigenvalue weighted by atomic mass is 32.1. The first kappa shape index (κ1) is 18.4. The van der Waals surface area contributed by atoms with E-state index < -0.39 is 0 Å². The quantitative estimate of drug-likeness (QED) is 0.797. The highest BCUT2D eigenvalue weighted by Gasteiger charge is 2.24. The average molecular weight is 382 g/mol. The van der Waals surface area contributed by atoms with E-state index in [1.54, 1.807) is 0 Å². The van der Waals surface area contributed by atoms with Crippen LogP contribution in [0.2, 0.25) is 0 Å². The Bertz CT molecular complexity index is 778. The second kappa shape index (κ2) is 8.83. The van der Waals surface area contributed by atoms with Crippen LogP contribution in [0.25, 0.3) is 6.08 Å². The first-order chi connectivity index (χ1) is 13.3. The molecule has 2 aromatic rings. The largest absolute Gasteiger partial charge is 0.337 e. The van der Waals surface area contributed by atoms with Crippen molar-refractivity contribution in [3.05, 3.63) is 63.9 Å². The Morgan fingerprint density at radius 1 is 1.00 bits per heavy atom. The molecule has 0 aliphatic carbocycles. The van der Waals surface area contributed by atoms with Crippen molar-refractivity contribution in [3.63, 3.8) is 0 Å². The number of nitrogens with zero attached hydrogens (tertiary/aromatic N) is 3. The number of thiophene rings is 1. The van der Waals surface area contributed by atoms with Gasteiger partial charge in [0.1, 0.15) is 0 Å². The average Bonchev–Trinajstić information content (AvgIpc) is 3.18. The Morgan fingerprint density at radius 3 is 2.59 bits per heavy atom. The number of piperazine rings is 1. The summed E-state index contributed by atoms with van der Waals surface area (Å²) in [5, 5.41) is 2.14. The number of fused-ring (bicyclic) bond motifs is 1. The zero-order valence-electron chi connectivity index (χ0n) is 15.7. The van der Waals surface area contributed by atoms with E-state index in [1.807, 2.05) is 22.3 Å². The molecule has 0 radical (unpaired) electrons. The maximum absolute atomic E-state index is 12.7. The summed E-state index contributed by atoms with van der Waals surface area (Å²) in [6.45, 7) is 7.21. The van der Waals surface area contributed by atoms with Gasteiger partial charge < -0.3 is 4.90 Å². The zero-order chi connectivity index (χ0) is 18.5. The number of rotatable bonds is 5. The van der Waals surface area contributed by atoms with Crippen molar-refractivity contribution in [1.29, 1.82) is 0 Å². The number of amides is 1. The van der Waals surface area contributed by atoms with Crippen LogP contribution in [0.1, 0.15) is 16.0 Å². The Balaban J connectivity index is 1.19. The lowest BCUT2D eigenvalue weighted by molar-refractivity contribution is -0.133.